The van der Waals surface area contributed by atoms with Crippen molar-refractivity contribution >= 4 is 11.3 Å². The van der Waals surface area contributed by atoms with Crippen LogP contribution in [0.5, 0.6) is 0 Å². The summed E-state index contributed by atoms with van der Waals surface area (Å²) in [5.41, 5.74) is 3.94. The molecule has 1 heteroatoms. The molecule has 0 aliphatic heterocycles. The Morgan fingerprint density at radius 3 is 2.05 bits per heavy atom. The van der Waals surface area contributed by atoms with E-state index in [1.165, 1.54) is 26.4 Å². The molecule has 1 heterocycles. The van der Waals surface area contributed by atoms with Gasteiger partial charge in [0.1, 0.15) is 0 Å². The summed E-state index contributed by atoms with van der Waals surface area (Å²) in [5.74, 6) is 0. The third kappa shape index (κ3) is 2.94. The van der Waals surface area contributed by atoms with Crippen LogP contribution < -0.4 is 0 Å². The van der Waals surface area contributed by atoms with Gasteiger partial charge in [-0.1, -0.05) is 54.6 Å². The Morgan fingerprint density at radius 1 is 0.737 bits per heavy atom. The molecule has 0 bridgehead atoms. The molecule has 0 fully saturated rings. The number of hydrogen-bond acceptors (Lipinski definition) is 1. The van der Waals surface area contributed by atoms with Crippen molar-refractivity contribution in [2.24, 2.45) is 0 Å². The molecule has 0 aliphatic rings. The second kappa shape index (κ2) is 5.41. The first kappa shape index (κ1) is 12.2. The van der Waals surface area contributed by atoms with Crippen molar-refractivity contribution in [1.29, 1.82) is 0 Å². The van der Waals surface area contributed by atoms with Crippen LogP contribution in [0, 0.1) is 6.92 Å². The molecule has 0 unspecified atom stereocenters. The fourth-order valence-corrected chi connectivity index (χ4v) is 3.15. The van der Waals surface area contributed by atoms with Crippen LogP contribution in [-0.2, 0) is 6.42 Å². The first-order valence-electron chi connectivity index (χ1n) is 6.51. The fourth-order valence-electron chi connectivity index (χ4n) is 2.23. The van der Waals surface area contributed by atoms with Gasteiger partial charge in [-0.2, -0.15) is 0 Å². The summed E-state index contributed by atoms with van der Waals surface area (Å²) in [6.45, 7) is 2.16. The van der Waals surface area contributed by atoms with Gasteiger partial charge < -0.3 is 0 Å². The third-order valence-corrected chi connectivity index (χ3v) is 4.24. The molecule has 0 spiro atoms. The Hall–Kier alpha value is -1.86. The maximum absolute atomic E-state index is 2.23. The van der Waals surface area contributed by atoms with Crippen LogP contribution in [0.15, 0.2) is 66.7 Å². The van der Waals surface area contributed by atoms with Gasteiger partial charge in [-0.3, -0.25) is 0 Å². The molecule has 0 radical (unpaired) electrons. The van der Waals surface area contributed by atoms with E-state index in [0.717, 1.165) is 6.42 Å². The van der Waals surface area contributed by atoms with Crippen LogP contribution in [0.4, 0.5) is 0 Å². The van der Waals surface area contributed by atoms with E-state index in [4.69, 9.17) is 0 Å². The smallest absolute Gasteiger partial charge is 0.00918 e. The minimum absolute atomic E-state index is 1.04. The summed E-state index contributed by atoms with van der Waals surface area (Å²) in [6, 6.07) is 23.8. The molecule has 0 saturated heterocycles. The molecule has 94 valence electrons. The number of rotatable bonds is 3. The molecule has 3 rings (SSSR count). The molecule has 0 aliphatic carbocycles. The minimum Gasteiger partial charge on any atom is -0.145 e. The van der Waals surface area contributed by atoms with Crippen molar-refractivity contribution in [2.75, 3.05) is 0 Å². The molecule has 0 N–H and O–H groups in total. The second-order valence-electron chi connectivity index (χ2n) is 4.75. The molecule has 19 heavy (non-hydrogen) atoms. The molecular formula is C18H16S. The Labute approximate surface area is 118 Å². The maximum atomic E-state index is 2.23. The number of benzene rings is 2. The van der Waals surface area contributed by atoms with Crippen molar-refractivity contribution < 1.29 is 0 Å². The SMILES string of the molecule is Cc1ccc(Cc2ccc(-c3ccccc3)cc2)s1. The number of aryl methyl sites for hydroxylation is 1. The van der Waals surface area contributed by atoms with Crippen molar-refractivity contribution in [2.45, 2.75) is 13.3 Å². The Balaban J connectivity index is 1.79. The summed E-state index contributed by atoms with van der Waals surface area (Å²) in [5, 5.41) is 0. The van der Waals surface area contributed by atoms with Gasteiger partial charge >= 0.3 is 0 Å². The highest BCUT2D eigenvalue weighted by atomic mass is 32.1. The summed E-state index contributed by atoms with van der Waals surface area (Å²) in [6.07, 6.45) is 1.04. The summed E-state index contributed by atoms with van der Waals surface area (Å²) in [4.78, 5) is 2.82. The van der Waals surface area contributed by atoms with E-state index in [9.17, 15) is 0 Å². The largest absolute Gasteiger partial charge is 0.145 e. The van der Waals surface area contributed by atoms with Crippen molar-refractivity contribution in [3.05, 3.63) is 82.0 Å². The van der Waals surface area contributed by atoms with E-state index >= 15 is 0 Å². The highest BCUT2D eigenvalue weighted by Gasteiger charge is 2.00. The fraction of sp³-hybridized carbons (Fsp3) is 0.111. The van der Waals surface area contributed by atoms with E-state index in [-0.39, 0.29) is 0 Å². The highest BCUT2D eigenvalue weighted by molar-refractivity contribution is 7.11. The normalized spacial score (nSPS) is 10.6. The van der Waals surface area contributed by atoms with Crippen molar-refractivity contribution in [1.82, 2.24) is 0 Å². The van der Waals surface area contributed by atoms with Gasteiger partial charge in [-0.15, -0.1) is 11.3 Å². The van der Waals surface area contributed by atoms with E-state index in [2.05, 4.69) is 73.7 Å². The quantitative estimate of drug-likeness (QED) is 0.601. The van der Waals surface area contributed by atoms with Gasteiger partial charge in [0.2, 0.25) is 0 Å². The zero-order chi connectivity index (χ0) is 13.1. The van der Waals surface area contributed by atoms with Crippen LogP contribution in [0.2, 0.25) is 0 Å². The highest BCUT2D eigenvalue weighted by Crippen LogP contribution is 2.22. The summed E-state index contributed by atoms with van der Waals surface area (Å²) < 4.78 is 0. The minimum atomic E-state index is 1.04. The summed E-state index contributed by atoms with van der Waals surface area (Å²) in [7, 11) is 0. The van der Waals surface area contributed by atoms with E-state index in [1.54, 1.807) is 0 Å². The molecule has 1 aromatic heterocycles. The maximum Gasteiger partial charge on any atom is 0.00918 e. The molecular weight excluding hydrogens is 248 g/mol. The Morgan fingerprint density at radius 2 is 1.42 bits per heavy atom. The lowest BCUT2D eigenvalue weighted by Crippen LogP contribution is -1.84. The van der Waals surface area contributed by atoms with Crippen LogP contribution in [0.3, 0.4) is 0 Å². The lowest BCUT2D eigenvalue weighted by molar-refractivity contribution is 1.24. The lowest BCUT2D eigenvalue weighted by Gasteiger charge is -2.03. The predicted molar refractivity (Wildman–Crippen MR) is 83.7 cm³/mol. The van der Waals surface area contributed by atoms with Crippen LogP contribution in [0.1, 0.15) is 15.3 Å². The average Bonchev–Trinajstić information content (AvgIpc) is 2.86. The van der Waals surface area contributed by atoms with Crippen LogP contribution in [-0.4, -0.2) is 0 Å². The number of hydrogen-bond donors (Lipinski definition) is 0. The third-order valence-electron chi connectivity index (χ3n) is 3.24. The van der Waals surface area contributed by atoms with Gasteiger partial charge in [0.05, 0.1) is 0 Å². The Kier molecular flexibility index (Phi) is 3.47. The first-order valence-corrected chi connectivity index (χ1v) is 7.32. The predicted octanol–water partition coefficient (Wildman–Crippen LogP) is 5.31. The first-order chi connectivity index (χ1) is 9.31. The van der Waals surface area contributed by atoms with Crippen LogP contribution in [0.25, 0.3) is 11.1 Å². The topological polar surface area (TPSA) is 0 Å². The van der Waals surface area contributed by atoms with Gasteiger partial charge in [0.15, 0.2) is 0 Å². The van der Waals surface area contributed by atoms with E-state index in [1.807, 2.05) is 11.3 Å². The monoisotopic (exact) mass is 264 g/mol. The summed E-state index contributed by atoms with van der Waals surface area (Å²) >= 11 is 1.88. The molecule has 0 nitrogen and oxygen atoms in total. The van der Waals surface area contributed by atoms with Crippen molar-refractivity contribution in [3.8, 4) is 11.1 Å². The van der Waals surface area contributed by atoms with Gasteiger partial charge in [-0.25, -0.2) is 0 Å². The van der Waals surface area contributed by atoms with E-state index in [0.29, 0.717) is 0 Å². The molecule has 2 aromatic carbocycles. The molecule has 0 atom stereocenters. The molecule has 0 saturated carbocycles. The van der Waals surface area contributed by atoms with Gasteiger partial charge in [0, 0.05) is 16.2 Å². The van der Waals surface area contributed by atoms with Crippen molar-refractivity contribution in [3.63, 3.8) is 0 Å². The second-order valence-corrected chi connectivity index (χ2v) is 6.12. The van der Waals surface area contributed by atoms with Crippen LogP contribution >= 0.6 is 11.3 Å². The van der Waals surface area contributed by atoms with E-state index < -0.39 is 0 Å². The standard InChI is InChI=1S/C18H16S/c1-14-7-12-18(19-14)13-15-8-10-17(11-9-15)16-5-3-2-4-6-16/h2-12H,13H2,1H3. The lowest BCUT2D eigenvalue weighted by atomic mass is 10.0. The zero-order valence-corrected chi connectivity index (χ0v) is 11.8. The van der Waals surface area contributed by atoms with Gasteiger partial charge in [-0.05, 0) is 35.7 Å². The molecule has 0 amide bonds. The van der Waals surface area contributed by atoms with Gasteiger partial charge in [0.25, 0.3) is 0 Å². The Bertz CT molecular complexity index is 648. The molecule has 3 aromatic rings. The number of thiophene rings is 1. The average molecular weight is 264 g/mol. The zero-order valence-electron chi connectivity index (χ0n) is 11.0.